The van der Waals surface area contributed by atoms with E-state index in [-0.39, 0.29) is 12.0 Å². The van der Waals surface area contributed by atoms with Crippen molar-refractivity contribution in [2.45, 2.75) is 31.5 Å². The molecule has 0 unspecified atom stereocenters. The molecule has 0 aliphatic carbocycles. The minimum absolute atomic E-state index is 0.167. The Kier molecular flexibility index (Phi) is 5.65. The SMILES string of the molecule is CNC[C@@H]1CCCN1C(=O)[C@@H]1CN(Cc2ccccc2)CCO1. The Labute approximate surface area is 138 Å². The number of likely N-dealkylation sites (N-methyl/N-ethyl adjacent to an activating group) is 1. The van der Waals surface area contributed by atoms with Crippen molar-refractivity contribution in [1.29, 1.82) is 0 Å². The van der Waals surface area contributed by atoms with Gasteiger partial charge >= 0.3 is 0 Å². The minimum atomic E-state index is -0.315. The zero-order chi connectivity index (χ0) is 16.1. The first-order chi connectivity index (χ1) is 11.3. The van der Waals surface area contributed by atoms with Gasteiger partial charge in [-0.3, -0.25) is 9.69 Å². The molecule has 2 saturated heterocycles. The van der Waals surface area contributed by atoms with Crippen LogP contribution < -0.4 is 5.32 Å². The lowest BCUT2D eigenvalue weighted by molar-refractivity contribution is -0.150. The number of hydrogen-bond donors (Lipinski definition) is 1. The largest absolute Gasteiger partial charge is 0.366 e. The average Bonchev–Trinajstić information content (AvgIpc) is 3.04. The summed E-state index contributed by atoms with van der Waals surface area (Å²) in [4.78, 5) is 17.2. The lowest BCUT2D eigenvalue weighted by atomic mass is 10.1. The number of nitrogens with one attached hydrogen (secondary N) is 1. The Balaban J connectivity index is 1.58. The van der Waals surface area contributed by atoms with E-state index in [1.54, 1.807) is 0 Å². The van der Waals surface area contributed by atoms with Crippen LogP contribution in [0.5, 0.6) is 0 Å². The van der Waals surface area contributed by atoms with E-state index >= 15 is 0 Å². The number of carbonyl (C=O) groups excluding carboxylic acids is 1. The van der Waals surface area contributed by atoms with Crippen LogP contribution in [0, 0.1) is 0 Å². The number of benzene rings is 1. The maximum absolute atomic E-state index is 12.8. The van der Waals surface area contributed by atoms with Gasteiger partial charge in [0.2, 0.25) is 0 Å². The number of likely N-dealkylation sites (tertiary alicyclic amines) is 1. The first-order valence-corrected chi connectivity index (χ1v) is 8.61. The smallest absolute Gasteiger partial charge is 0.253 e. The van der Waals surface area contributed by atoms with Gasteiger partial charge in [0, 0.05) is 38.8 Å². The monoisotopic (exact) mass is 317 g/mol. The zero-order valence-electron chi connectivity index (χ0n) is 13.9. The molecule has 2 heterocycles. The second kappa shape index (κ2) is 7.90. The lowest BCUT2D eigenvalue weighted by Crippen LogP contribution is -2.53. The maximum atomic E-state index is 12.8. The fourth-order valence-corrected chi connectivity index (χ4v) is 3.60. The molecule has 2 aliphatic heterocycles. The van der Waals surface area contributed by atoms with E-state index in [1.807, 2.05) is 18.0 Å². The molecule has 5 heteroatoms. The van der Waals surface area contributed by atoms with E-state index in [9.17, 15) is 4.79 Å². The second-order valence-corrected chi connectivity index (χ2v) is 6.47. The third-order valence-corrected chi connectivity index (χ3v) is 4.77. The van der Waals surface area contributed by atoms with Gasteiger partial charge < -0.3 is 15.0 Å². The summed E-state index contributed by atoms with van der Waals surface area (Å²) in [5.74, 6) is 0.167. The Hall–Kier alpha value is -1.43. The molecule has 1 aromatic carbocycles. The van der Waals surface area contributed by atoms with Gasteiger partial charge in [-0.25, -0.2) is 0 Å². The van der Waals surface area contributed by atoms with Crippen LogP contribution in [0.2, 0.25) is 0 Å². The van der Waals surface area contributed by atoms with Gasteiger partial charge in [-0.1, -0.05) is 30.3 Å². The first-order valence-electron chi connectivity index (χ1n) is 8.61. The number of hydrogen-bond acceptors (Lipinski definition) is 4. The van der Waals surface area contributed by atoms with E-state index < -0.39 is 0 Å². The summed E-state index contributed by atoms with van der Waals surface area (Å²) < 4.78 is 5.79. The molecule has 23 heavy (non-hydrogen) atoms. The van der Waals surface area contributed by atoms with Gasteiger partial charge in [-0.05, 0) is 25.5 Å². The molecule has 0 saturated carbocycles. The van der Waals surface area contributed by atoms with Crippen LogP contribution in [0.4, 0.5) is 0 Å². The quantitative estimate of drug-likeness (QED) is 0.883. The molecule has 0 radical (unpaired) electrons. The fraction of sp³-hybridized carbons (Fsp3) is 0.611. The lowest BCUT2D eigenvalue weighted by Gasteiger charge is -2.35. The fourth-order valence-electron chi connectivity index (χ4n) is 3.60. The van der Waals surface area contributed by atoms with Crippen molar-refractivity contribution >= 4 is 5.91 Å². The van der Waals surface area contributed by atoms with Gasteiger partial charge in [0.05, 0.1) is 6.61 Å². The third-order valence-electron chi connectivity index (χ3n) is 4.77. The van der Waals surface area contributed by atoms with Crippen LogP contribution >= 0.6 is 0 Å². The highest BCUT2D eigenvalue weighted by atomic mass is 16.5. The first kappa shape index (κ1) is 16.4. The summed E-state index contributed by atoms with van der Waals surface area (Å²) in [5, 5.41) is 3.19. The molecule has 0 bridgehead atoms. The van der Waals surface area contributed by atoms with Crippen molar-refractivity contribution in [3.63, 3.8) is 0 Å². The number of ether oxygens (including phenoxy) is 1. The van der Waals surface area contributed by atoms with E-state index in [0.29, 0.717) is 19.2 Å². The van der Waals surface area contributed by atoms with Crippen LogP contribution in [0.25, 0.3) is 0 Å². The Morgan fingerprint density at radius 3 is 2.91 bits per heavy atom. The molecule has 2 fully saturated rings. The maximum Gasteiger partial charge on any atom is 0.253 e. The van der Waals surface area contributed by atoms with E-state index in [4.69, 9.17) is 4.74 Å². The second-order valence-electron chi connectivity index (χ2n) is 6.47. The van der Waals surface area contributed by atoms with Crippen molar-refractivity contribution < 1.29 is 9.53 Å². The Bertz CT molecular complexity index is 508. The zero-order valence-corrected chi connectivity index (χ0v) is 13.9. The summed E-state index contributed by atoms with van der Waals surface area (Å²) in [6.45, 7) is 4.83. The summed E-state index contributed by atoms with van der Waals surface area (Å²) >= 11 is 0. The normalized spacial score (nSPS) is 25.7. The summed E-state index contributed by atoms with van der Waals surface area (Å²) in [6.07, 6.45) is 1.87. The van der Waals surface area contributed by atoms with Crippen LogP contribution in [-0.4, -0.2) is 67.7 Å². The van der Waals surface area contributed by atoms with Crippen molar-refractivity contribution in [2.75, 3.05) is 39.8 Å². The van der Waals surface area contributed by atoms with Crippen molar-refractivity contribution in [3.8, 4) is 0 Å². The van der Waals surface area contributed by atoms with Crippen LogP contribution in [0.15, 0.2) is 30.3 Å². The minimum Gasteiger partial charge on any atom is -0.366 e. The molecule has 0 spiro atoms. The van der Waals surface area contributed by atoms with Gasteiger partial charge in [0.25, 0.3) is 5.91 Å². The topological polar surface area (TPSA) is 44.8 Å². The highest BCUT2D eigenvalue weighted by Gasteiger charge is 2.35. The van der Waals surface area contributed by atoms with Crippen molar-refractivity contribution in [2.24, 2.45) is 0 Å². The average molecular weight is 317 g/mol. The Morgan fingerprint density at radius 2 is 2.13 bits per heavy atom. The molecular weight excluding hydrogens is 290 g/mol. The molecule has 2 aliphatic rings. The standard InChI is InChI=1S/C18H27N3O2/c1-19-12-16-8-5-9-21(16)18(22)17-14-20(10-11-23-17)13-15-6-3-2-4-7-15/h2-4,6-7,16-17,19H,5,8-14H2,1H3/t16-,17-/m0/s1. The number of nitrogens with zero attached hydrogens (tertiary/aromatic N) is 2. The molecule has 1 N–H and O–H groups in total. The summed E-state index contributed by atoms with van der Waals surface area (Å²) in [7, 11) is 1.94. The number of amides is 1. The number of carbonyl (C=O) groups is 1. The molecule has 3 rings (SSSR count). The molecule has 5 nitrogen and oxygen atoms in total. The molecule has 1 amide bonds. The highest BCUT2D eigenvalue weighted by Crippen LogP contribution is 2.20. The predicted octanol–water partition coefficient (Wildman–Crippen LogP) is 1.10. The van der Waals surface area contributed by atoms with Gasteiger partial charge in [0.1, 0.15) is 6.10 Å². The van der Waals surface area contributed by atoms with E-state index in [2.05, 4.69) is 34.5 Å². The Morgan fingerprint density at radius 1 is 1.30 bits per heavy atom. The van der Waals surface area contributed by atoms with Crippen LogP contribution in [0.3, 0.4) is 0 Å². The van der Waals surface area contributed by atoms with Crippen LogP contribution in [0.1, 0.15) is 18.4 Å². The van der Waals surface area contributed by atoms with Crippen molar-refractivity contribution in [3.05, 3.63) is 35.9 Å². The van der Waals surface area contributed by atoms with Crippen LogP contribution in [-0.2, 0) is 16.1 Å². The van der Waals surface area contributed by atoms with Gasteiger partial charge in [0.15, 0.2) is 0 Å². The summed E-state index contributed by atoms with van der Waals surface area (Å²) in [5.41, 5.74) is 1.29. The summed E-state index contributed by atoms with van der Waals surface area (Å²) in [6, 6.07) is 10.7. The number of rotatable bonds is 5. The van der Waals surface area contributed by atoms with E-state index in [0.717, 1.165) is 39.0 Å². The van der Waals surface area contributed by atoms with Gasteiger partial charge in [-0.15, -0.1) is 0 Å². The highest BCUT2D eigenvalue weighted by molar-refractivity contribution is 5.82. The molecule has 126 valence electrons. The number of morpholine rings is 1. The molecular formula is C18H27N3O2. The molecule has 1 aromatic rings. The van der Waals surface area contributed by atoms with E-state index in [1.165, 1.54) is 5.56 Å². The van der Waals surface area contributed by atoms with Crippen molar-refractivity contribution in [1.82, 2.24) is 15.1 Å². The molecule has 0 aromatic heterocycles. The van der Waals surface area contributed by atoms with Gasteiger partial charge in [-0.2, -0.15) is 0 Å². The third kappa shape index (κ3) is 4.10. The predicted molar refractivity (Wildman–Crippen MR) is 90.1 cm³/mol. The molecule has 2 atom stereocenters.